The van der Waals surface area contributed by atoms with Crippen molar-refractivity contribution in [3.8, 4) is 0 Å². The molecule has 66 valence electrons. The van der Waals surface area contributed by atoms with E-state index in [4.69, 9.17) is 4.74 Å². The van der Waals surface area contributed by atoms with Crippen molar-refractivity contribution in [1.29, 1.82) is 0 Å². The maximum Gasteiger partial charge on any atom is 0.211 e. The second kappa shape index (κ2) is 6.09. The number of carboxylic acid groups (broad SMARTS) is 1. The summed E-state index contributed by atoms with van der Waals surface area (Å²) in [6, 6.07) is 0. The van der Waals surface area contributed by atoms with Crippen LogP contribution >= 0.6 is 0 Å². The van der Waals surface area contributed by atoms with Crippen LogP contribution in [0.15, 0.2) is 0 Å². The fraction of sp³-hybridized carbons (Fsp3) is 0.833. The second-order valence-electron chi connectivity index (χ2n) is 2.36. The van der Waals surface area contributed by atoms with Gasteiger partial charge in [-0.25, -0.2) is 0 Å². The molecule has 0 fully saturated rings. The summed E-state index contributed by atoms with van der Waals surface area (Å²) in [5.74, 6) is -1.02. The lowest BCUT2D eigenvalue weighted by Crippen LogP contribution is -3.02. The number of hydrogen-bond donors (Lipinski definition) is 2. The van der Waals surface area contributed by atoms with Gasteiger partial charge < -0.3 is 20.4 Å². The van der Waals surface area contributed by atoms with Gasteiger partial charge in [-0.05, 0) is 6.42 Å². The average Bonchev–Trinajstić information content (AvgIpc) is 1.97. The molecule has 0 amide bonds. The molecule has 0 saturated heterocycles. The van der Waals surface area contributed by atoms with Crippen LogP contribution in [0.1, 0.15) is 12.8 Å². The van der Waals surface area contributed by atoms with Gasteiger partial charge in [0.25, 0.3) is 0 Å². The Kier molecular flexibility index (Phi) is 5.73. The van der Waals surface area contributed by atoms with Gasteiger partial charge in [0.05, 0.1) is 6.42 Å². The molecule has 0 aliphatic heterocycles. The quantitative estimate of drug-likeness (QED) is 0.394. The Labute approximate surface area is 65.5 Å². The summed E-state index contributed by atoms with van der Waals surface area (Å²) in [6.07, 6.45) is 0.618. The third-order valence-corrected chi connectivity index (χ3v) is 1.32. The molecule has 0 aliphatic carbocycles. The van der Waals surface area contributed by atoms with Gasteiger partial charge in [0.15, 0.2) is 6.73 Å². The summed E-state index contributed by atoms with van der Waals surface area (Å²) < 4.78 is 4.76. The van der Waals surface area contributed by atoms with E-state index >= 15 is 0 Å². The molecular weight excluding hydrogens is 148 g/mol. The van der Waals surface area contributed by atoms with E-state index in [0.717, 1.165) is 0 Å². The highest BCUT2D eigenvalue weighted by molar-refractivity contribution is 5.64. The molecule has 0 heterocycles. The minimum absolute atomic E-state index is 0.0350. The van der Waals surface area contributed by atoms with Crippen molar-refractivity contribution in [1.82, 2.24) is 0 Å². The molecule has 11 heavy (non-hydrogen) atoms. The van der Waals surface area contributed by atoms with Gasteiger partial charge in [-0.15, -0.1) is 0 Å². The number of carboxylic acids is 1. The van der Waals surface area contributed by atoms with Crippen LogP contribution in [0.5, 0.6) is 0 Å². The van der Waals surface area contributed by atoms with Crippen molar-refractivity contribution >= 4 is 5.97 Å². The minimum Gasteiger partial charge on any atom is -0.550 e. The number of quaternary nitrogens is 2. The molecule has 0 aromatic heterocycles. The molecule has 0 bridgehead atoms. The summed E-state index contributed by atoms with van der Waals surface area (Å²) in [4.78, 5) is 9.99. The first-order valence-corrected chi connectivity index (χ1v) is 3.52. The maximum absolute atomic E-state index is 9.99. The molecule has 0 radical (unpaired) electrons. The monoisotopic (exact) mass is 163 g/mol. The predicted molar refractivity (Wildman–Crippen MR) is 34.7 cm³/mol. The number of hydrogen-bond acceptors (Lipinski definition) is 3. The summed E-state index contributed by atoms with van der Waals surface area (Å²) in [5, 5.41) is 11.8. The number of methoxy groups -OCH3 is 1. The number of nitrogens with two attached hydrogens (primary N) is 1. The SMILES string of the molecule is COC[NH2+][C@H]([NH3+])CCC(=O)[O-]. The Bertz CT molecular complexity index is 118. The van der Waals surface area contributed by atoms with Gasteiger partial charge in [-0.2, -0.15) is 0 Å². The van der Waals surface area contributed by atoms with Crippen molar-refractivity contribution in [3.63, 3.8) is 0 Å². The lowest BCUT2D eigenvalue weighted by atomic mass is 10.2. The largest absolute Gasteiger partial charge is 0.550 e. The van der Waals surface area contributed by atoms with Crippen LogP contribution in [0, 0.1) is 0 Å². The Balaban J connectivity index is 3.22. The summed E-state index contributed by atoms with van der Waals surface area (Å²) in [7, 11) is 1.59. The molecule has 5 heteroatoms. The number of carbonyl (C=O) groups is 1. The number of rotatable bonds is 6. The maximum atomic E-state index is 9.99. The molecule has 5 N–H and O–H groups in total. The van der Waals surface area contributed by atoms with Crippen LogP contribution in [0.25, 0.3) is 0 Å². The number of aliphatic carboxylic acids is 1. The van der Waals surface area contributed by atoms with E-state index in [1.54, 1.807) is 7.11 Å². The summed E-state index contributed by atoms with van der Waals surface area (Å²) in [6.45, 7) is 0.515. The first-order chi connectivity index (χ1) is 5.16. The highest BCUT2D eigenvalue weighted by Gasteiger charge is 2.06. The van der Waals surface area contributed by atoms with Crippen LogP contribution in [-0.2, 0) is 9.53 Å². The van der Waals surface area contributed by atoms with E-state index in [1.165, 1.54) is 0 Å². The lowest BCUT2D eigenvalue weighted by Gasteiger charge is -2.06. The van der Waals surface area contributed by atoms with Crippen LogP contribution in [-0.4, -0.2) is 26.0 Å². The van der Waals surface area contributed by atoms with E-state index < -0.39 is 5.97 Å². The minimum atomic E-state index is -1.02. The lowest BCUT2D eigenvalue weighted by molar-refractivity contribution is -0.829. The Morgan fingerprint density at radius 1 is 1.82 bits per heavy atom. The zero-order valence-corrected chi connectivity index (χ0v) is 6.71. The van der Waals surface area contributed by atoms with Crippen molar-refractivity contribution < 1.29 is 25.7 Å². The van der Waals surface area contributed by atoms with Gasteiger partial charge in [-0.1, -0.05) is 0 Å². The van der Waals surface area contributed by atoms with Crippen LogP contribution in [0.3, 0.4) is 0 Å². The van der Waals surface area contributed by atoms with E-state index in [1.807, 2.05) is 5.32 Å². The van der Waals surface area contributed by atoms with Crippen LogP contribution in [0.4, 0.5) is 0 Å². The Morgan fingerprint density at radius 2 is 2.45 bits per heavy atom. The fourth-order valence-electron chi connectivity index (χ4n) is 0.653. The average molecular weight is 163 g/mol. The molecule has 0 spiro atoms. The van der Waals surface area contributed by atoms with E-state index in [9.17, 15) is 9.90 Å². The summed E-state index contributed by atoms with van der Waals surface area (Å²) in [5.41, 5.74) is 3.72. The fourth-order valence-corrected chi connectivity index (χ4v) is 0.653. The van der Waals surface area contributed by atoms with Crippen LogP contribution in [0.2, 0.25) is 0 Å². The highest BCUT2D eigenvalue weighted by Crippen LogP contribution is 1.83. The normalized spacial score (nSPS) is 12.9. The number of ether oxygens (including phenoxy) is 1. The first kappa shape index (κ1) is 10.3. The topological polar surface area (TPSA) is 93.6 Å². The van der Waals surface area contributed by atoms with Crippen molar-refractivity contribution in [2.45, 2.75) is 19.0 Å². The van der Waals surface area contributed by atoms with Gasteiger partial charge in [0.1, 0.15) is 0 Å². The van der Waals surface area contributed by atoms with E-state index in [0.29, 0.717) is 13.2 Å². The van der Waals surface area contributed by atoms with Crippen molar-refractivity contribution in [2.75, 3.05) is 13.8 Å². The third kappa shape index (κ3) is 7.24. The molecule has 0 aromatic carbocycles. The van der Waals surface area contributed by atoms with E-state index in [-0.39, 0.29) is 12.6 Å². The molecule has 1 atom stereocenters. The van der Waals surface area contributed by atoms with Crippen molar-refractivity contribution in [3.05, 3.63) is 0 Å². The first-order valence-electron chi connectivity index (χ1n) is 3.52. The van der Waals surface area contributed by atoms with Gasteiger partial charge >= 0.3 is 0 Å². The molecule has 0 rings (SSSR count). The molecule has 5 nitrogen and oxygen atoms in total. The van der Waals surface area contributed by atoms with Gasteiger partial charge in [0, 0.05) is 13.1 Å². The smallest absolute Gasteiger partial charge is 0.211 e. The Hall–Kier alpha value is -0.650. The Morgan fingerprint density at radius 3 is 2.91 bits per heavy atom. The van der Waals surface area contributed by atoms with Gasteiger partial charge in [-0.3, -0.25) is 5.32 Å². The number of carbonyl (C=O) groups excluding carboxylic acids is 1. The van der Waals surface area contributed by atoms with Crippen LogP contribution < -0.4 is 16.2 Å². The molecular formula is C6H15N2O3+. The molecule has 0 unspecified atom stereocenters. The highest BCUT2D eigenvalue weighted by atomic mass is 16.5. The molecule has 0 aromatic rings. The standard InChI is InChI=1S/C6H14N2O3/c1-11-4-8-5(7)2-3-6(9)10/h5,8H,2-4,7H2,1H3,(H,9,10)/p+1/t5-/m0/s1. The second-order valence-corrected chi connectivity index (χ2v) is 2.36. The summed E-state index contributed by atoms with van der Waals surface area (Å²) >= 11 is 0. The molecule has 0 saturated carbocycles. The van der Waals surface area contributed by atoms with Crippen molar-refractivity contribution in [2.24, 2.45) is 0 Å². The predicted octanol–water partition coefficient (Wildman–Crippen LogP) is -3.75. The third-order valence-electron chi connectivity index (χ3n) is 1.32. The van der Waals surface area contributed by atoms with E-state index in [2.05, 4.69) is 5.73 Å². The zero-order chi connectivity index (χ0) is 8.69. The molecule has 0 aliphatic rings. The zero-order valence-electron chi connectivity index (χ0n) is 6.71. The van der Waals surface area contributed by atoms with Gasteiger partial charge in [0.2, 0.25) is 6.17 Å².